The number of nitrogens with two attached hydrogens (primary N) is 3. The van der Waals surface area contributed by atoms with E-state index < -0.39 is 36.8 Å². The zero-order chi connectivity index (χ0) is 12.0. The number of esters is 1. The molecule has 0 aliphatic heterocycles. The molecule has 0 aliphatic rings. The largest absolute Gasteiger partial charge is 0.457 e. The summed E-state index contributed by atoms with van der Waals surface area (Å²) in [5, 5.41) is 8.78. The van der Waals surface area contributed by atoms with Crippen LogP contribution in [0.2, 0.25) is 0 Å². The van der Waals surface area contributed by atoms with Crippen molar-refractivity contribution < 1.29 is 19.4 Å². The van der Waals surface area contributed by atoms with Crippen LogP contribution in [0.25, 0.3) is 0 Å². The van der Waals surface area contributed by atoms with Crippen LogP contribution >= 0.6 is 0 Å². The second-order valence-electron chi connectivity index (χ2n) is 3.25. The van der Waals surface area contributed by atoms with E-state index in [-0.39, 0.29) is 0 Å². The number of carbonyl (C=O) groups excluding carboxylic acids is 2. The highest BCUT2D eigenvalue weighted by Crippen LogP contribution is 2.02. The summed E-state index contributed by atoms with van der Waals surface area (Å²) in [6.45, 7) is 0.981. The lowest BCUT2D eigenvalue weighted by Gasteiger charge is -2.25. The summed E-state index contributed by atoms with van der Waals surface area (Å²) in [4.78, 5) is 21.6. The second-order valence-corrected chi connectivity index (χ2v) is 3.25. The number of ether oxygens (including phenoxy) is 1. The molecule has 88 valence electrons. The van der Waals surface area contributed by atoms with Gasteiger partial charge in [-0.3, -0.25) is 4.79 Å². The lowest BCUT2D eigenvalue weighted by atomic mass is 10.1. The van der Waals surface area contributed by atoms with Crippen molar-refractivity contribution in [3.8, 4) is 0 Å². The first-order valence-electron chi connectivity index (χ1n) is 4.47. The Balaban J connectivity index is 4.50. The first-order valence-corrected chi connectivity index (χ1v) is 4.47. The van der Waals surface area contributed by atoms with Gasteiger partial charge in [-0.15, -0.1) is 0 Å². The third kappa shape index (κ3) is 4.34. The molecular formula is C8H17N3O4. The van der Waals surface area contributed by atoms with E-state index in [0.29, 0.717) is 6.29 Å². The van der Waals surface area contributed by atoms with Crippen LogP contribution in [0.5, 0.6) is 0 Å². The molecule has 4 atom stereocenters. The predicted octanol–water partition coefficient (Wildman–Crippen LogP) is -2.91. The molecule has 0 radical (unpaired) electrons. The van der Waals surface area contributed by atoms with Crippen molar-refractivity contribution in [2.24, 2.45) is 17.2 Å². The van der Waals surface area contributed by atoms with Crippen LogP contribution in [0, 0.1) is 0 Å². The Morgan fingerprint density at radius 3 is 2.33 bits per heavy atom. The van der Waals surface area contributed by atoms with Crippen molar-refractivity contribution in [3.05, 3.63) is 0 Å². The minimum Gasteiger partial charge on any atom is -0.457 e. The van der Waals surface area contributed by atoms with Gasteiger partial charge in [-0.05, 0) is 6.92 Å². The highest BCUT2D eigenvalue weighted by atomic mass is 16.5. The summed E-state index contributed by atoms with van der Waals surface area (Å²) >= 11 is 0. The molecule has 1 unspecified atom stereocenters. The molecule has 0 heterocycles. The lowest BCUT2D eigenvalue weighted by molar-refractivity contribution is -0.153. The summed E-state index contributed by atoms with van der Waals surface area (Å²) in [6.07, 6.45) is -0.666. The van der Waals surface area contributed by atoms with Gasteiger partial charge in [0.25, 0.3) is 0 Å². The van der Waals surface area contributed by atoms with Crippen molar-refractivity contribution in [1.82, 2.24) is 0 Å². The van der Waals surface area contributed by atoms with Gasteiger partial charge in [0.15, 0.2) is 0 Å². The maximum Gasteiger partial charge on any atom is 0.323 e. The van der Waals surface area contributed by atoms with Gasteiger partial charge in [0.2, 0.25) is 0 Å². The van der Waals surface area contributed by atoms with Crippen LogP contribution in [-0.2, 0) is 14.3 Å². The van der Waals surface area contributed by atoms with E-state index in [1.165, 1.54) is 6.92 Å². The molecule has 0 saturated carbocycles. The molecule has 0 spiro atoms. The van der Waals surface area contributed by atoms with E-state index in [0.717, 1.165) is 0 Å². The second kappa shape index (κ2) is 6.46. The maximum absolute atomic E-state index is 11.1. The highest BCUT2D eigenvalue weighted by molar-refractivity contribution is 5.75. The van der Waals surface area contributed by atoms with Crippen LogP contribution < -0.4 is 17.2 Å². The summed E-state index contributed by atoms with van der Waals surface area (Å²) in [5.74, 6) is -0.721. The van der Waals surface area contributed by atoms with Crippen molar-refractivity contribution in [2.45, 2.75) is 31.2 Å². The van der Waals surface area contributed by atoms with Gasteiger partial charge in [0.05, 0.1) is 18.7 Å². The standard InChI is InChI=1S/C8H17N3O4/c1-4(9)8(14)15-7(5(10)2-12)6(11)3-13/h2,4-7,13H,3,9-11H2,1H3/t4?,5-,6-,7+/m1/s1. The number of carbonyl (C=O) groups is 2. The van der Waals surface area contributed by atoms with Crippen molar-refractivity contribution >= 4 is 12.3 Å². The van der Waals surface area contributed by atoms with Crippen LogP contribution in [0.15, 0.2) is 0 Å². The molecule has 7 heteroatoms. The third-order valence-electron chi connectivity index (χ3n) is 1.79. The minimum absolute atomic E-state index is 0.397. The molecule has 0 bridgehead atoms. The molecule has 15 heavy (non-hydrogen) atoms. The van der Waals surface area contributed by atoms with E-state index in [1.54, 1.807) is 0 Å². The average Bonchev–Trinajstić information content (AvgIpc) is 2.23. The molecule has 7 nitrogen and oxygen atoms in total. The Hall–Kier alpha value is -1.02. The summed E-state index contributed by atoms with van der Waals surface area (Å²) in [7, 11) is 0. The smallest absolute Gasteiger partial charge is 0.323 e. The summed E-state index contributed by atoms with van der Waals surface area (Å²) in [6, 6.07) is -2.82. The normalized spacial score (nSPS) is 18.7. The fraction of sp³-hybridized carbons (Fsp3) is 0.750. The van der Waals surface area contributed by atoms with Crippen LogP contribution in [0.1, 0.15) is 6.92 Å². The minimum atomic E-state index is -1.07. The van der Waals surface area contributed by atoms with Gasteiger partial charge < -0.3 is 31.8 Å². The van der Waals surface area contributed by atoms with Gasteiger partial charge in [-0.1, -0.05) is 0 Å². The maximum atomic E-state index is 11.1. The topological polar surface area (TPSA) is 142 Å². The van der Waals surface area contributed by atoms with E-state index in [1.807, 2.05) is 0 Å². The number of aliphatic hydroxyl groups excluding tert-OH is 1. The number of hydrogen-bond donors (Lipinski definition) is 4. The molecular weight excluding hydrogens is 202 g/mol. The van der Waals surface area contributed by atoms with E-state index in [9.17, 15) is 9.59 Å². The lowest BCUT2D eigenvalue weighted by Crippen LogP contribution is -2.53. The van der Waals surface area contributed by atoms with E-state index in [4.69, 9.17) is 27.0 Å². The van der Waals surface area contributed by atoms with Crippen LogP contribution in [0.3, 0.4) is 0 Å². The van der Waals surface area contributed by atoms with Crippen LogP contribution in [0.4, 0.5) is 0 Å². The molecule has 0 aliphatic carbocycles. The van der Waals surface area contributed by atoms with Crippen molar-refractivity contribution in [1.29, 1.82) is 0 Å². The molecule has 0 aromatic rings. The van der Waals surface area contributed by atoms with Gasteiger partial charge >= 0.3 is 5.97 Å². The fourth-order valence-electron chi connectivity index (χ4n) is 0.874. The molecule has 0 fully saturated rings. The fourth-order valence-corrected chi connectivity index (χ4v) is 0.874. The Bertz CT molecular complexity index is 222. The predicted molar refractivity (Wildman–Crippen MR) is 52.6 cm³/mol. The Morgan fingerprint density at radius 1 is 1.47 bits per heavy atom. The first-order chi connectivity index (χ1) is 6.93. The molecule has 0 aromatic carbocycles. The molecule has 7 N–H and O–H groups in total. The molecule has 0 aromatic heterocycles. The van der Waals surface area contributed by atoms with Crippen molar-refractivity contribution in [2.75, 3.05) is 6.61 Å². The van der Waals surface area contributed by atoms with Gasteiger partial charge in [0, 0.05) is 0 Å². The highest BCUT2D eigenvalue weighted by Gasteiger charge is 2.28. The molecule has 0 saturated heterocycles. The SMILES string of the molecule is CC(N)C(=O)O[C@@H]([C@H](N)C=O)[C@H](N)CO. The molecule has 0 rings (SSSR count). The van der Waals surface area contributed by atoms with Crippen LogP contribution in [-0.4, -0.2) is 48.2 Å². The zero-order valence-corrected chi connectivity index (χ0v) is 8.50. The van der Waals surface area contributed by atoms with Crippen molar-refractivity contribution in [3.63, 3.8) is 0 Å². The number of aldehydes is 1. The third-order valence-corrected chi connectivity index (χ3v) is 1.79. The quantitative estimate of drug-likeness (QED) is 0.277. The summed E-state index contributed by atoms with van der Waals surface area (Å²) in [5.41, 5.74) is 16.1. The number of rotatable bonds is 6. The van der Waals surface area contributed by atoms with E-state index >= 15 is 0 Å². The van der Waals surface area contributed by atoms with Gasteiger partial charge in [-0.2, -0.15) is 0 Å². The van der Waals surface area contributed by atoms with Gasteiger partial charge in [-0.25, -0.2) is 0 Å². The number of hydrogen-bond acceptors (Lipinski definition) is 7. The number of aliphatic hydroxyl groups is 1. The average molecular weight is 219 g/mol. The Morgan fingerprint density at radius 2 is 2.00 bits per heavy atom. The van der Waals surface area contributed by atoms with E-state index in [2.05, 4.69) is 0 Å². The zero-order valence-electron chi connectivity index (χ0n) is 8.50. The van der Waals surface area contributed by atoms with Gasteiger partial charge in [0.1, 0.15) is 18.4 Å². The summed E-state index contributed by atoms with van der Waals surface area (Å²) < 4.78 is 4.81. The Labute approximate surface area is 87.5 Å². The molecule has 0 amide bonds. The first kappa shape index (κ1) is 14.0. The monoisotopic (exact) mass is 219 g/mol. The Kier molecular flexibility index (Phi) is 6.02.